The largest absolute Gasteiger partial charge is 0.388 e. The van der Waals surface area contributed by atoms with Crippen molar-refractivity contribution in [3.05, 3.63) is 35.9 Å². The minimum atomic E-state index is -0.338. The van der Waals surface area contributed by atoms with Gasteiger partial charge in [0.2, 0.25) is 0 Å². The van der Waals surface area contributed by atoms with E-state index >= 15 is 0 Å². The zero-order valence-corrected chi connectivity index (χ0v) is 12.1. The van der Waals surface area contributed by atoms with Gasteiger partial charge in [0, 0.05) is 0 Å². The minimum absolute atomic E-state index is 0.338. The summed E-state index contributed by atoms with van der Waals surface area (Å²) in [5, 5.41) is 13.3. The highest BCUT2D eigenvalue weighted by molar-refractivity contribution is 7.98. The first-order valence-electron chi connectivity index (χ1n) is 6.77. The van der Waals surface area contributed by atoms with Gasteiger partial charge in [-0.3, -0.25) is 0 Å². The summed E-state index contributed by atoms with van der Waals surface area (Å²) in [5.41, 5.74) is 1.01. The summed E-state index contributed by atoms with van der Waals surface area (Å²) in [6, 6.07) is 9.87. The number of aliphatic hydroxyl groups excluding tert-OH is 1. The van der Waals surface area contributed by atoms with Crippen LogP contribution < -0.4 is 5.32 Å². The molecule has 0 amide bonds. The molecule has 0 heterocycles. The van der Waals surface area contributed by atoms with Gasteiger partial charge >= 0.3 is 0 Å². The quantitative estimate of drug-likeness (QED) is 0.638. The normalized spacial score (nSPS) is 12.6. The van der Waals surface area contributed by atoms with Gasteiger partial charge in [0.25, 0.3) is 0 Å². The Morgan fingerprint density at radius 3 is 2.61 bits per heavy atom. The maximum absolute atomic E-state index is 9.95. The number of hydrogen-bond acceptors (Lipinski definition) is 3. The lowest BCUT2D eigenvalue weighted by Crippen LogP contribution is -2.18. The number of thioether (sulfide) groups is 1. The average molecular weight is 267 g/mol. The van der Waals surface area contributed by atoms with Crippen LogP contribution in [0.1, 0.15) is 37.4 Å². The highest BCUT2D eigenvalue weighted by atomic mass is 32.2. The molecule has 18 heavy (non-hydrogen) atoms. The molecular formula is C15H25NOS. The summed E-state index contributed by atoms with van der Waals surface area (Å²) in [6.45, 7) is 1.95. The van der Waals surface area contributed by atoms with E-state index in [1.165, 1.54) is 25.0 Å². The standard InChI is InChI=1S/C15H25NOS/c1-18-13-7-3-6-11-16-12-10-15(17)14-8-4-2-5-9-14/h2,4-5,8-9,15-17H,3,6-7,10-13H2,1H3/t15-/m1/s1. The molecule has 1 aromatic carbocycles. The third kappa shape index (κ3) is 7.04. The molecule has 1 rings (SSSR count). The zero-order chi connectivity index (χ0) is 13.1. The van der Waals surface area contributed by atoms with Gasteiger partial charge in [0.1, 0.15) is 0 Å². The molecule has 0 saturated carbocycles. The minimum Gasteiger partial charge on any atom is -0.388 e. The van der Waals surface area contributed by atoms with E-state index in [1.807, 2.05) is 42.1 Å². The molecule has 0 fully saturated rings. The van der Waals surface area contributed by atoms with E-state index in [9.17, 15) is 5.11 Å². The summed E-state index contributed by atoms with van der Waals surface area (Å²) in [4.78, 5) is 0. The second kappa shape index (κ2) is 10.4. The first kappa shape index (κ1) is 15.5. The number of unbranched alkanes of at least 4 members (excludes halogenated alkanes) is 2. The first-order chi connectivity index (χ1) is 8.84. The summed E-state index contributed by atoms with van der Waals surface area (Å²) in [5.74, 6) is 1.27. The van der Waals surface area contributed by atoms with Crippen LogP contribution in [0.2, 0.25) is 0 Å². The molecule has 0 bridgehead atoms. The van der Waals surface area contributed by atoms with Crippen LogP contribution in [0, 0.1) is 0 Å². The smallest absolute Gasteiger partial charge is 0.0802 e. The van der Waals surface area contributed by atoms with Crippen molar-refractivity contribution in [2.45, 2.75) is 31.8 Å². The molecule has 0 aromatic heterocycles. The fourth-order valence-corrected chi connectivity index (χ4v) is 2.37. The highest BCUT2D eigenvalue weighted by Crippen LogP contribution is 2.14. The zero-order valence-electron chi connectivity index (χ0n) is 11.3. The van der Waals surface area contributed by atoms with Crippen molar-refractivity contribution >= 4 is 11.8 Å². The molecule has 102 valence electrons. The molecule has 2 nitrogen and oxygen atoms in total. The topological polar surface area (TPSA) is 32.3 Å². The van der Waals surface area contributed by atoms with Crippen molar-refractivity contribution in [1.29, 1.82) is 0 Å². The molecular weight excluding hydrogens is 242 g/mol. The third-order valence-electron chi connectivity index (χ3n) is 2.98. The van der Waals surface area contributed by atoms with Crippen molar-refractivity contribution in [3.63, 3.8) is 0 Å². The van der Waals surface area contributed by atoms with Gasteiger partial charge < -0.3 is 10.4 Å². The van der Waals surface area contributed by atoms with Gasteiger partial charge in [-0.05, 0) is 49.9 Å². The van der Waals surface area contributed by atoms with Crippen LogP contribution in [-0.4, -0.2) is 30.2 Å². The molecule has 1 aromatic rings. The van der Waals surface area contributed by atoms with Crippen molar-refractivity contribution in [3.8, 4) is 0 Å². The summed E-state index contributed by atoms with van der Waals surface area (Å²) in [6.07, 6.45) is 6.46. The molecule has 0 unspecified atom stereocenters. The van der Waals surface area contributed by atoms with Crippen molar-refractivity contribution in [2.75, 3.05) is 25.1 Å². The van der Waals surface area contributed by atoms with E-state index in [2.05, 4.69) is 11.6 Å². The fraction of sp³-hybridized carbons (Fsp3) is 0.600. The fourth-order valence-electron chi connectivity index (χ4n) is 1.88. The maximum atomic E-state index is 9.95. The van der Waals surface area contributed by atoms with Crippen molar-refractivity contribution < 1.29 is 5.11 Å². The molecule has 0 aliphatic carbocycles. The number of benzene rings is 1. The number of aliphatic hydroxyl groups is 1. The summed E-state index contributed by atoms with van der Waals surface area (Å²) in [7, 11) is 0. The van der Waals surface area contributed by atoms with Crippen LogP contribution in [0.5, 0.6) is 0 Å². The van der Waals surface area contributed by atoms with E-state index in [0.29, 0.717) is 0 Å². The number of rotatable bonds is 10. The predicted octanol–water partition coefficient (Wildman–Crippen LogP) is 3.23. The van der Waals surface area contributed by atoms with Crippen LogP contribution in [-0.2, 0) is 0 Å². The molecule has 0 saturated heterocycles. The molecule has 0 spiro atoms. The molecule has 2 N–H and O–H groups in total. The molecule has 0 radical (unpaired) electrons. The van der Waals surface area contributed by atoms with E-state index in [0.717, 1.165) is 25.1 Å². The Morgan fingerprint density at radius 1 is 1.11 bits per heavy atom. The van der Waals surface area contributed by atoms with Gasteiger partial charge in [-0.1, -0.05) is 36.8 Å². The second-order valence-electron chi connectivity index (χ2n) is 4.52. The Balaban J connectivity index is 1.98. The second-order valence-corrected chi connectivity index (χ2v) is 5.50. The Labute approximate surface area is 115 Å². The average Bonchev–Trinajstić information content (AvgIpc) is 2.42. The van der Waals surface area contributed by atoms with Gasteiger partial charge in [0.15, 0.2) is 0 Å². The maximum Gasteiger partial charge on any atom is 0.0802 e. The SMILES string of the molecule is CSCCCCCNCC[C@@H](O)c1ccccc1. The van der Waals surface area contributed by atoms with E-state index < -0.39 is 0 Å². The third-order valence-corrected chi connectivity index (χ3v) is 3.68. The van der Waals surface area contributed by atoms with Crippen LogP contribution in [0.4, 0.5) is 0 Å². The monoisotopic (exact) mass is 267 g/mol. The van der Waals surface area contributed by atoms with Gasteiger partial charge in [-0.2, -0.15) is 11.8 Å². The van der Waals surface area contributed by atoms with Gasteiger partial charge in [-0.25, -0.2) is 0 Å². The first-order valence-corrected chi connectivity index (χ1v) is 8.16. The Kier molecular flexibility index (Phi) is 9.00. The molecule has 0 aliphatic heterocycles. The number of hydrogen-bond donors (Lipinski definition) is 2. The van der Waals surface area contributed by atoms with E-state index in [-0.39, 0.29) is 6.10 Å². The van der Waals surface area contributed by atoms with Crippen LogP contribution in [0.25, 0.3) is 0 Å². The van der Waals surface area contributed by atoms with Gasteiger partial charge in [0.05, 0.1) is 6.10 Å². The lowest BCUT2D eigenvalue weighted by atomic mass is 10.1. The Bertz CT molecular complexity index is 292. The molecule has 3 heteroatoms. The molecule has 0 aliphatic rings. The van der Waals surface area contributed by atoms with E-state index in [1.54, 1.807) is 0 Å². The number of nitrogens with one attached hydrogen (secondary N) is 1. The van der Waals surface area contributed by atoms with Gasteiger partial charge in [-0.15, -0.1) is 0 Å². The summed E-state index contributed by atoms with van der Waals surface area (Å²) < 4.78 is 0. The lowest BCUT2D eigenvalue weighted by Gasteiger charge is -2.11. The predicted molar refractivity (Wildman–Crippen MR) is 81.1 cm³/mol. The van der Waals surface area contributed by atoms with E-state index in [4.69, 9.17) is 0 Å². The van der Waals surface area contributed by atoms with Crippen molar-refractivity contribution in [1.82, 2.24) is 5.32 Å². The Morgan fingerprint density at radius 2 is 1.89 bits per heavy atom. The molecule has 1 atom stereocenters. The van der Waals surface area contributed by atoms with Crippen LogP contribution in [0.15, 0.2) is 30.3 Å². The van der Waals surface area contributed by atoms with Crippen LogP contribution >= 0.6 is 11.8 Å². The lowest BCUT2D eigenvalue weighted by molar-refractivity contribution is 0.167. The Hall–Kier alpha value is -0.510. The van der Waals surface area contributed by atoms with Crippen molar-refractivity contribution in [2.24, 2.45) is 0 Å². The highest BCUT2D eigenvalue weighted by Gasteiger charge is 2.05. The van der Waals surface area contributed by atoms with Crippen LogP contribution in [0.3, 0.4) is 0 Å². The summed E-state index contributed by atoms with van der Waals surface area (Å²) >= 11 is 1.92.